The van der Waals surface area contributed by atoms with Crippen LogP contribution in [-0.4, -0.2) is 19.4 Å². The van der Waals surface area contributed by atoms with E-state index in [-0.39, 0.29) is 0 Å². The molecule has 0 saturated carbocycles. The predicted molar refractivity (Wildman–Crippen MR) is 90.9 cm³/mol. The van der Waals surface area contributed by atoms with Crippen LogP contribution in [0.25, 0.3) is 27.9 Å². The fourth-order valence-corrected chi connectivity index (χ4v) is 3.24. The molecule has 23 heavy (non-hydrogen) atoms. The van der Waals surface area contributed by atoms with Crippen LogP contribution in [-0.2, 0) is 0 Å². The molecule has 4 rings (SSSR count). The smallest absolute Gasteiger partial charge is 0.212 e. The molecule has 0 radical (unpaired) electrons. The molecule has 3 aromatic heterocycles. The topological polar surface area (TPSA) is 43.1 Å². The molecule has 4 nitrogen and oxygen atoms in total. The Morgan fingerprint density at radius 3 is 2.57 bits per heavy atom. The normalized spacial score (nSPS) is 11.5. The Morgan fingerprint density at radius 2 is 1.83 bits per heavy atom. The molecule has 3 heterocycles. The first-order valence-corrected chi connectivity index (χ1v) is 7.91. The number of hydrogen-bond acceptors (Lipinski definition) is 3. The van der Waals surface area contributed by atoms with Gasteiger partial charge in [0.25, 0.3) is 0 Å². The van der Waals surface area contributed by atoms with Gasteiger partial charge in [-0.1, -0.05) is 15.9 Å². The minimum atomic E-state index is -0.503. The van der Waals surface area contributed by atoms with E-state index in [1.165, 1.54) is 12.3 Å². The van der Waals surface area contributed by atoms with Crippen molar-refractivity contribution in [3.63, 3.8) is 0 Å². The maximum Gasteiger partial charge on any atom is 0.212 e. The third-order valence-electron chi connectivity index (χ3n) is 3.85. The molecule has 0 spiro atoms. The molecule has 0 atom stereocenters. The van der Waals surface area contributed by atoms with Crippen LogP contribution in [0.15, 0.2) is 41.0 Å². The molecule has 4 aromatic rings. The van der Waals surface area contributed by atoms with Crippen molar-refractivity contribution in [2.45, 2.75) is 13.8 Å². The van der Waals surface area contributed by atoms with Crippen molar-refractivity contribution in [1.82, 2.24) is 19.4 Å². The summed E-state index contributed by atoms with van der Waals surface area (Å²) in [5, 5.41) is 0. The molecule has 0 bridgehead atoms. The summed E-state index contributed by atoms with van der Waals surface area (Å²) >= 11 is 3.51. The first-order valence-electron chi connectivity index (χ1n) is 7.11. The van der Waals surface area contributed by atoms with Gasteiger partial charge in [0.2, 0.25) is 5.95 Å². The van der Waals surface area contributed by atoms with E-state index in [9.17, 15) is 4.39 Å². The second-order valence-corrected chi connectivity index (χ2v) is 6.32. The Hall–Kier alpha value is -2.34. The lowest BCUT2D eigenvalue weighted by atomic mass is 10.2. The zero-order valence-electron chi connectivity index (χ0n) is 12.5. The summed E-state index contributed by atoms with van der Waals surface area (Å²) in [5.41, 5.74) is 5.35. The fraction of sp³-hybridized carbons (Fsp3) is 0.118. The molecule has 0 aliphatic heterocycles. The van der Waals surface area contributed by atoms with Crippen molar-refractivity contribution in [2.75, 3.05) is 0 Å². The second-order valence-electron chi connectivity index (χ2n) is 5.40. The van der Waals surface area contributed by atoms with Crippen molar-refractivity contribution in [3.8, 4) is 11.4 Å². The minimum absolute atomic E-state index is 0.503. The maximum atomic E-state index is 13.1. The van der Waals surface area contributed by atoms with E-state index in [0.717, 1.165) is 43.8 Å². The first kappa shape index (κ1) is 14.3. The van der Waals surface area contributed by atoms with Crippen LogP contribution in [0.3, 0.4) is 0 Å². The molecule has 6 heteroatoms. The van der Waals surface area contributed by atoms with Crippen LogP contribution >= 0.6 is 15.9 Å². The standard InChI is InChI=1S/C17H12BrFN4/c1-9-16-10(2)22-17(11-3-6-15(19)20-8-11)23(16)14-7-12(18)4-5-13(14)21-9/h3-8H,1-2H3. The van der Waals surface area contributed by atoms with Crippen molar-refractivity contribution in [3.05, 3.63) is 58.3 Å². The van der Waals surface area contributed by atoms with Crippen molar-refractivity contribution in [1.29, 1.82) is 0 Å². The van der Waals surface area contributed by atoms with Crippen LogP contribution in [0.5, 0.6) is 0 Å². The van der Waals surface area contributed by atoms with E-state index >= 15 is 0 Å². The highest BCUT2D eigenvalue weighted by Crippen LogP contribution is 2.29. The molecule has 0 unspecified atom stereocenters. The summed E-state index contributed by atoms with van der Waals surface area (Å²) in [6, 6.07) is 8.97. The monoisotopic (exact) mass is 370 g/mol. The largest absolute Gasteiger partial charge is 0.289 e. The SMILES string of the molecule is Cc1nc(-c2ccc(F)nc2)n2c1c(C)nc1ccc(Br)cc12. The molecular weight excluding hydrogens is 359 g/mol. The van der Waals surface area contributed by atoms with Gasteiger partial charge in [-0.05, 0) is 44.2 Å². The molecule has 0 amide bonds. The maximum absolute atomic E-state index is 13.1. The Balaban J connectivity index is 2.18. The lowest BCUT2D eigenvalue weighted by Crippen LogP contribution is -1.98. The predicted octanol–water partition coefficient (Wildman–Crippen LogP) is 4.46. The molecule has 114 valence electrons. The highest BCUT2D eigenvalue weighted by Gasteiger charge is 2.16. The number of halogens is 2. The number of aryl methyl sites for hydroxylation is 2. The van der Waals surface area contributed by atoms with Gasteiger partial charge < -0.3 is 0 Å². The summed E-state index contributed by atoms with van der Waals surface area (Å²) in [5.74, 6) is 0.232. The van der Waals surface area contributed by atoms with E-state index in [2.05, 4.69) is 35.3 Å². The zero-order valence-corrected chi connectivity index (χ0v) is 14.1. The fourth-order valence-electron chi connectivity index (χ4n) is 2.89. The Kier molecular flexibility index (Phi) is 3.16. The highest BCUT2D eigenvalue weighted by atomic mass is 79.9. The second kappa shape index (κ2) is 5.09. The first-order chi connectivity index (χ1) is 11.0. The van der Waals surface area contributed by atoms with Crippen LogP contribution < -0.4 is 0 Å². The van der Waals surface area contributed by atoms with E-state index in [1.807, 2.05) is 32.0 Å². The van der Waals surface area contributed by atoms with Gasteiger partial charge in [0.05, 0.1) is 27.9 Å². The summed E-state index contributed by atoms with van der Waals surface area (Å²) in [6.45, 7) is 3.92. The summed E-state index contributed by atoms with van der Waals surface area (Å²) in [4.78, 5) is 13.1. The van der Waals surface area contributed by atoms with Gasteiger partial charge in [-0.3, -0.25) is 4.40 Å². The molecule has 0 N–H and O–H groups in total. The van der Waals surface area contributed by atoms with E-state index < -0.39 is 5.95 Å². The molecule has 0 aliphatic rings. The molecule has 0 saturated heterocycles. The van der Waals surface area contributed by atoms with E-state index in [0.29, 0.717) is 0 Å². The summed E-state index contributed by atoms with van der Waals surface area (Å²) < 4.78 is 16.2. The van der Waals surface area contributed by atoms with Gasteiger partial charge in [-0.25, -0.2) is 15.0 Å². The molecular formula is C17H12BrFN4. The highest BCUT2D eigenvalue weighted by molar-refractivity contribution is 9.10. The van der Waals surface area contributed by atoms with Crippen LogP contribution in [0.1, 0.15) is 11.4 Å². The quantitative estimate of drug-likeness (QED) is 0.464. The van der Waals surface area contributed by atoms with E-state index in [1.54, 1.807) is 6.07 Å². The molecule has 1 aromatic carbocycles. The Bertz CT molecular complexity index is 1050. The third kappa shape index (κ3) is 2.21. The third-order valence-corrected chi connectivity index (χ3v) is 4.34. The molecule has 0 fully saturated rings. The Labute approximate surface area is 140 Å². The van der Waals surface area contributed by atoms with Gasteiger partial charge in [0.15, 0.2) is 0 Å². The van der Waals surface area contributed by atoms with Gasteiger partial charge in [-0.2, -0.15) is 4.39 Å². The number of nitrogens with zero attached hydrogens (tertiary/aromatic N) is 4. The lowest BCUT2D eigenvalue weighted by Gasteiger charge is -2.08. The summed E-state index contributed by atoms with van der Waals surface area (Å²) in [6.07, 6.45) is 1.50. The number of hydrogen-bond donors (Lipinski definition) is 0. The average molecular weight is 371 g/mol. The number of pyridine rings is 1. The van der Waals surface area contributed by atoms with Crippen LogP contribution in [0, 0.1) is 19.8 Å². The van der Waals surface area contributed by atoms with Crippen molar-refractivity contribution in [2.24, 2.45) is 0 Å². The number of benzene rings is 1. The van der Waals surface area contributed by atoms with Gasteiger partial charge in [0, 0.05) is 16.2 Å². The number of imidazole rings is 1. The summed E-state index contributed by atoms with van der Waals surface area (Å²) in [7, 11) is 0. The number of aromatic nitrogens is 4. The van der Waals surface area contributed by atoms with Gasteiger partial charge in [0.1, 0.15) is 5.82 Å². The number of rotatable bonds is 1. The van der Waals surface area contributed by atoms with Crippen LogP contribution in [0.2, 0.25) is 0 Å². The van der Waals surface area contributed by atoms with Crippen molar-refractivity contribution >= 4 is 32.5 Å². The average Bonchev–Trinajstić information content (AvgIpc) is 2.87. The number of fused-ring (bicyclic) bond motifs is 3. The van der Waals surface area contributed by atoms with Gasteiger partial charge in [-0.15, -0.1) is 0 Å². The van der Waals surface area contributed by atoms with E-state index in [4.69, 9.17) is 0 Å². The lowest BCUT2D eigenvalue weighted by molar-refractivity contribution is 0.584. The van der Waals surface area contributed by atoms with Gasteiger partial charge >= 0.3 is 0 Å². The Morgan fingerprint density at radius 1 is 1.04 bits per heavy atom. The molecule has 0 aliphatic carbocycles. The van der Waals surface area contributed by atoms with Crippen LogP contribution in [0.4, 0.5) is 4.39 Å². The minimum Gasteiger partial charge on any atom is -0.289 e. The zero-order chi connectivity index (χ0) is 16.1. The van der Waals surface area contributed by atoms with Crippen molar-refractivity contribution < 1.29 is 4.39 Å².